The highest BCUT2D eigenvalue weighted by atomic mass is 16.3. The van der Waals surface area contributed by atoms with Crippen molar-refractivity contribution in [2.24, 2.45) is 11.8 Å². The minimum absolute atomic E-state index is 0.188. The zero-order valence-electron chi connectivity index (χ0n) is 12.8. The molecule has 4 heteroatoms. The maximum absolute atomic E-state index is 12.2. The molecule has 1 aliphatic heterocycles. The average molecular weight is 282 g/mol. The van der Waals surface area contributed by atoms with Gasteiger partial charge in [0, 0.05) is 19.2 Å². The first-order valence-corrected chi connectivity index (χ1v) is 8.31. The van der Waals surface area contributed by atoms with E-state index in [4.69, 9.17) is 5.11 Å². The van der Waals surface area contributed by atoms with Gasteiger partial charge in [0.15, 0.2) is 0 Å². The second-order valence-electron chi connectivity index (χ2n) is 6.69. The van der Waals surface area contributed by atoms with Crippen molar-refractivity contribution in [2.75, 3.05) is 26.2 Å². The Morgan fingerprint density at radius 2 is 2.05 bits per heavy atom. The van der Waals surface area contributed by atoms with Crippen molar-refractivity contribution in [3.63, 3.8) is 0 Å². The van der Waals surface area contributed by atoms with Gasteiger partial charge in [-0.1, -0.05) is 19.8 Å². The van der Waals surface area contributed by atoms with Crippen molar-refractivity contribution in [2.45, 2.75) is 57.9 Å². The van der Waals surface area contributed by atoms with Crippen LogP contribution < -0.4 is 5.32 Å². The summed E-state index contributed by atoms with van der Waals surface area (Å²) in [5.41, 5.74) is 0. The number of likely N-dealkylation sites (tertiary alicyclic amines) is 1. The van der Waals surface area contributed by atoms with Crippen LogP contribution in [0.15, 0.2) is 0 Å². The van der Waals surface area contributed by atoms with E-state index in [1.807, 2.05) is 0 Å². The van der Waals surface area contributed by atoms with E-state index in [-0.39, 0.29) is 12.5 Å². The number of aliphatic hydroxyl groups is 1. The number of carbonyl (C=O) groups is 1. The Kier molecular flexibility index (Phi) is 6.30. The molecule has 4 nitrogen and oxygen atoms in total. The molecule has 1 saturated heterocycles. The number of hydrogen-bond donors (Lipinski definition) is 2. The molecule has 3 unspecified atom stereocenters. The molecule has 2 aliphatic rings. The average Bonchev–Trinajstić information content (AvgIpc) is 2.42. The summed E-state index contributed by atoms with van der Waals surface area (Å²) in [5, 5.41) is 12.3. The summed E-state index contributed by atoms with van der Waals surface area (Å²) in [6.45, 7) is 5.04. The highest BCUT2D eigenvalue weighted by molar-refractivity contribution is 5.78. The van der Waals surface area contributed by atoms with Gasteiger partial charge in [-0.15, -0.1) is 0 Å². The molecule has 1 aliphatic carbocycles. The summed E-state index contributed by atoms with van der Waals surface area (Å²) in [6.07, 6.45) is 8.15. The fourth-order valence-electron chi connectivity index (χ4n) is 3.70. The van der Waals surface area contributed by atoms with Gasteiger partial charge in [0.2, 0.25) is 5.91 Å². The standard InChI is InChI=1S/C16H30N2O2/c1-13-5-2-3-7-15(13)17-16(20)12-18-9-4-6-14(11-18)8-10-19/h13-15,19H,2-12H2,1H3,(H,17,20). The van der Waals surface area contributed by atoms with E-state index in [1.165, 1.54) is 25.7 Å². The molecule has 0 spiro atoms. The molecule has 1 saturated carbocycles. The number of amides is 1. The Morgan fingerprint density at radius 1 is 1.25 bits per heavy atom. The largest absolute Gasteiger partial charge is 0.396 e. The molecule has 2 fully saturated rings. The Bertz CT molecular complexity index is 307. The van der Waals surface area contributed by atoms with Crippen LogP contribution in [0.25, 0.3) is 0 Å². The molecule has 0 bridgehead atoms. The number of piperidine rings is 1. The molecule has 1 amide bonds. The van der Waals surface area contributed by atoms with Gasteiger partial charge in [0.1, 0.15) is 0 Å². The lowest BCUT2D eigenvalue weighted by Gasteiger charge is -2.34. The molecule has 1 heterocycles. The molecule has 0 radical (unpaired) electrons. The maximum atomic E-state index is 12.2. The summed E-state index contributed by atoms with van der Waals surface area (Å²) in [7, 11) is 0. The van der Waals surface area contributed by atoms with Gasteiger partial charge in [-0.25, -0.2) is 0 Å². The van der Waals surface area contributed by atoms with E-state index in [0.717, 1.165) is 32.4 Å². The van der Waals surface area contributed by atoms with E-state index >= 15 is 0 Å². The number of nitrogens with zero attached hydrogens (tertiary/aromatic N) is 1. The van der Waals surface area contributed by atoms with Crippen LogP contribution in [-0.4, -0.2) is 48.2 Å². The normalized spacial score (nSPS) is 32.0. The molecule has 20 heavy (non-hydrogen) atoms. The predicted octanol–water partition coefficient (Wildman–Crippen LogP) is 1.78. The van der Waals surface area contributed by atoms with Gasteiger partial charge in [-0.2, -0.15) is 0 Å². The topological polar surface area (TPSA) is 52.6 Å². The van der Waals surface area contributed by atoms with Gasteiger partial charge < -0.3 is 10.4 Å². The minimum Gasteiger partial charge on any atom is -0.396 e. The fourth-order valence-corrected chi connectivity index (χ4v) is 3.70. The fraction of sp³-hybridized carbons (Fsp3) is 0.938. The summed E-state index contributed by atoms with van der Waals surface area (Å²) < 4.78 is 0. The Morgan fingerprint density at radius 3 is 2.80 bits per heavy atom. The van der Waals surface area contributed by atoms with E-state index < -0.39 is 0 Å². The first-order chi connectivity index (χ1) is 9.69. The van der Waals surface area contributed by atoms with E-state index in [0.29, 0.717) is 24.4 Å². The highest BCUT2D eigenvalue weighted by Crippen LogP contribution is 2.24. The number of nitrogens with one attached hydrogen (secondary N) is 1. The van der Waals surface area contributed by atoms with E-state index in [1.54, 1.807) is 0 Å². The second-order valence-corrected chi connectivity index (χ2v) is 6.69. The molecule has 2 rings (SSSR count). The van der Waals surface area contributed by atoms with Gasteiger partial charge in [-0.05, 0) is 50.5 Å². The number of rotatable bonds is 5. The van der Waals surface area contributed by atoms with Crippen LogP contribution in [0.1, 0.15) is 51.9 Å². The minimum atomic E-state index is 0.188. The lowest BCUT2D eigenvalue weighted by Crippen LogP contribution is -2.47. The Hall–Kier alpha value is -0.610. The van der Waals surface area contributed by atoms with Gasteiger partial charge in [0.05, 0.1) is 6.54 Å². The third kappa shape index (κ3) is 4.74. The van der Waals surface area contributed by atoms with Crippen molar-refractivity contribution in [3.8, 4) is 0 Å². The van der Waals surface area contributed by atoms with Gasteiger partial charge in [-0.3, -0.25) is 9.69 Å². The van der Waals surface area contributed by atoms with Gasteiger partial charge in [0.25, 0.3) is 0 Å². The number of carbonyl (C=O) groups excluding carboxylic acids is 1. The summed E-state index contributed by atoms with van der Waals surface area (Å²) in [6, 6.07) is 0.384. The van der Waals surface area contributed by atoms with Crippen LogP contribution in [0.3, 0.4) is 0 Å². The summed E-state index contributed by atoms with van der Waals surface area (Å²) in [4.78, 5) is 14.4. The summed E-state index contributed by atoms with van der Waals surface area (Å²) >= 11 is 0. The zero-order valence-corrected chi connectivity index (χ0v) is 12.8. The third-order valence-corrected chi connectivity index (χ3v) is 4.97. The quantitative estimate of drug-likeness (QED) is 0.808. The number of hydrogen-bond acceptors (Lipinski definition) is 3. The first kappa shape index (κ1) is 15.8. The van der Waals surface area contributed by atoms with Crippen LogP contribution in [-0.2, 0) is 4.79 Å². The molecule has 3 atom stereocenters. The van der Waals surface area contributed by atoms with Crippen LogP contribution in [0.5, 0.6) is 0 Å². The van der Waals surface area contributed by atoms with Crippen LogP contribution in [0, 0.1) is 11.8 Å². The van der Waals surface area contributed by atoms with Crippen LogP contribution in [0.2, 0.25) is 0 Å². The molecule has 0 aromatic rings. The molecule has 116 valence electrons. The number of aliphatic hydroxyl groups excluding tert-OH is 1. The lowest BCUT2D eigenvalue weighted by molar-refractivity contribution is -0.124. The SMILES string of the molecule is CC1CCCCC1NC(=O)CN1CCCC(CCO)C1. The third-order valence-electron chi connectivity index (χ3n) is 4.97. The second kappa shape index (κ2) is 7.99. The molecular formula is C16H30N2O2. The lowest BCUT2D eigenvalue weighted by atomic mass is 9.86. The van der Waals surface area contributed by atoms with Crippen molar-refractivity contribution in [1.82, 2.24) is 10.2 Å². The van der Waals surface area contributed by atoms with Crippen molar-refractivity contribution >= 4 is 5.91 Å². The summed E-state index contributed by atoms with van der Waals surface area (Å²) in [5.74, 6) is 1.37. The molecule has 2 N–H and O–H groups in total. The van der Waals surface area contributed by atoms with Gasteiger partial charge >= 0.3 is 0 Å². The van der Waals surface area contributed by atoms with E-state index in [9.17, 15) is 4.79 Å². The molecule has 0 aromatic heterocycles. The van der Waals surface area contributed by atoms with Crippen molar-refractivity contribution in [3.05, 3.63) is 0 Å². The first-order valence-electron chi connectivity index (χ1n) is 8.31. The predicted molar refractivity (Wildman–Crippen MR) is 80.4 cm³/mol. The molecule has 0 aromatic carbocycles. The monoisotopic (exact) mass is 282 g/mol. The zero-order chi connectivity index (χ0) is 14.4. The Labute approximate surface area is 122 Å². The smallest absolute Gasteiger partial charge is 0.234 e. The Balaban J connectivity index is 1.73. The maximum Gasteiger partial charge on any atom is 0.234 e. The van der Waals surface area contributed by atoms with Crippen LogP contribution >= 0.6 is 0 Å². The van der Waals surface area contributed by atoms with Crippen LogP contribution in [0.4, 0.5) is 0 Å². The molecular weight excluding hydrogens is 252 g/mol. The highest BCUT2D eigenvalue weighted by Gasteiger charge is 2.25. The van der Waals surface area contributed by atoms with Crippen molar-refractivity contribution in [1.29, 1.82) is 0 Å². The van der Waals surface area contributed by atoms with Crippen molar-refractivity contribution < 1.29 is 9.90 Å². The van der Waals surface area contributed by atoms with E-state index in [2.05, 4.69) is 17.1 Å².